The smallest absolute Gasteiger partial charge is 0.164 e. The van der Waals surface area contributed by atoms with Crippen LogP contribution in [-0.2, 0) is 18.4 Å². The average Bonchev–Trinajstić information content (AvgIpc) is 2.96. The fourth-order valence-electron chi connectivity index (χ4n) is 2.56. The number of ketones is 1. The third kappa shape index (κ3) is 2.57. The number of aromatic nitrogens is 2. The van der Waals surface area contributed by atoms with Crippen molar-refractivity contribution in [2.24, 2.45) is 0 Å². The Kier molecular flexibility index (Phi) is 3.28. The van der Waals surface area contributed by atoms with Gasteiger partial charge in [-0.15, -0.1) is 11.3 Å². The molecule has 0 unspecified atom stereocenters. The van der Waals surface area contributed by atoms with Gasteiger partial charge >= 0.3 is 0 Å². The van der Waals surface area contributed by atoms with Gasteiger partial charge in [-0.25, -0.2) is 4.98 Å². The van der Waals surface area contributed by atoms with E-state index in [2.05, 4.69) is 36.9 Å². The van der Waals surface area contributed by atoms with Gasteiger partial charge in [0.05, 0.1) is 12.2 Å². The topological polar surface area (TPSA) is 34.9 Å². The first kappa shape index (κ1) is 13.6. The molecular formula is C16H20N2OS. The minimum Gasteiger partial charge on any atom is -0.346 e. The molecule has 2 aromatic rings. The van der Waals surface area contributed by atoms with E-state index in [1.165, 1.54) is 5.56 Å². The highest BCUT2D eigenvalue weighted by Crippen LogP contribution is 2.26. The monoisotopic (exact) mass is 288 g/mol. The first-order chi connectivity index (χ1) is 9.43. The SMILES string of the molecule is CC(C)(C)c1csc(Cn2cc3c(c2)C(=O)CCC3)n1. The summed E-state index contributed by atoms with van der Waals surface area (Å²) in [5.74, 6) is 0.291. The van der Waals surface area contributed by atoms with Crippen molar-refractivity contribution in [1.29, 1.82) is 0 Å². The van der Waals surface area contributed by atoms with Crippen LogP contribution in [0.15, 0.2) is 17.8 Å². The number of aryl methyl sites for hydroxylation is 1. The van der Waals surface area contributed by atoms with Crippen LogP contribution in [0.5, 0.6) is 0 Å². The van der Waals surface area contributed by atoms with E-state index in [1.807, 2.05) is 6.20 Å². The molecule has 0 fully saturated rings. The predicted molar refractivity (Wildman–Crippen MR) is 81.6 cm³/mol. The second kappa shape index (κ2) is 4.85. The van der Waals surface area contributed by atoms with Crippen LogP contribution in [0.4, 0.5) is 0 Å². The van der Waals surface area contributed by atoms with Crippen molar-refractivity contribution in [1.82, 2.24) is 9.55 Å². The Morgan fingerprint density at radius 2 is 2.10 bits per heavy atom. The maximum Gasteiger partial charge on any atom is 0.164 e. The third-order valence-electron chi connectivity index (χ3n) is 3.75. The molecule has 0 aliphatic heterocycles. The molecule has 3 nitrogen and oxygen atoms in total. The van der Waals surface area contributed by atoms with Crippen LogP contribution < -0.4 is 0 Å². The lowest BCUT2D eigenvalue weighted by Gasteiger charge is -2.14. The number of hydrogen-bond acceptors (Lipinski definition) is 3. The second-order valence-electron chi connectivity index (χ2n) is 6.52. The van der Waals surface area contributed by atoms with Gasteiger partial charge in [0.25, 0.3) is 0 Å². The lowest BCUT2D eigenvalue weighted by molar-refractivity contribution is 0.0973. The van der Waals surface area contributed by atoms with Crippen LogP contribution in [0.1, 0.15) is 60.2 Å². The largest absolute Gasteiger partial charge is 0.346 e. The van der Waals surface area contributed by atoms with E-state index in [-0.39, 0.29) is 5.41 Å². The summed E-state index contributed by atoms with van der Waals surface area (Å²) in [6.07, 6.45) is 6.82. The molecule has 1 aliphatic carbocycles. The minimum atomic E-state index is 0.0979. The van der Waals surface area contributed by atoms with Gasteiger partial charge < -0.3 is 4.57 Å². The third-order valence-corrected chi connectivity index (χ3v) is 4.58. The van der Waals surface area contributed by atoms with Gasteiger partial charge in [-0.3, -0.25) is 4.79 Å². The number of thiazole rings is 1. The Morgan fingerprint density at radius 3 is 2.75 bits per heavy atom. The zero-order valence-corrected chi connectivity index (χ0v) is 13.1. The number of hydrogen-bond donors (Lipinski definition) is 0. The number of rotatable bonds is 2. The Labute approximate surface area is 123 Å². The summed E-state index contributed by atoms with van der Waals surface area (Å²) in [7, 11) is 0. The van der Waals surface area contributed by atoms with E-state index in [0.29, 0.717) is 12.2 Å². The van der Waals surface area contributed by atoms with Gasteiger partial charge in [-0.05, 0) is 18.4 Å². The zero-order valence-electron chi connectivity index (χ0n) is 12.3. The normalized spacial score (nSPS) is 15.4. The number of nitrogens with zero attached hydrogens (tertiary/aromatic N) is 2. The lowest BCUT2D eigenvalue weighted by Crippen LogP contribution is -2.11. The number of carbonyl (C=O) groups excluding carboxylic acids is 1. The van der Waals surface area contributed by atoms with Crippen LogP contribution in [0.3, 0.4) is 0 Å². The number of Topliss-reactive ketones (excluding diaryl/α,β-unsaturated/α-hetero) is 1. The molecule has 0 amide bonds. The molecule has 0 radical (unpaired) electrons. The molecule has 2 heterocycles. The van der Waals surface area contributed by atoms with Gasteiger partial charge in [0.2, 0.25) is 0 Å². The molecule has 1 aliphatic rings. The van der Waals surface area contributed by atoms with Gasteiger partial charge in [0.15, 0.2) is 5.78 Å². The molecule has 0 atom stereocenters. The van der Waals surface area contributed by atoms with Crippen LogP contribution >= 0.6 is 11.3 Å². The summed E-state index contributed by atoms with van der Waals surface area (Å²) in [4.78, 5) is 16.6. The average molecular weight is 288 g/mol. The molecule has 0 N–H and O–H groups in total. The summed E-state index contributed by atoms with van der Waals surface area (Å²) in [6, 6.07) is 0. The molecule has 0 spiro atoms. The Balaban J connectivity index is 1.82. The maximum absolute atomic E-state index is 11.9. The van der Waals surface area contributed by atoms with Gasteiger partial charge in [0, 0.05) is 35.2 Å². The quantitative estimate of drug-likeness (QED) is 0.842. The fraction of sp³-hybridized carbons (Fsp3) is 0.500. The van der Waals surface area contributed by atoms with E-state index in [4.69, 9.17) is 4.98 Å². The molecular weight excluding hydrogens is 268 g/mol. The van der Waals surface area contributed by atoms with E-state index < -0.39 is 0 Å². The highest BCUT2D eigenvalue weighted by molar-refractivity contribution is 7.09. The molecule has 20 heavy (non-hydrogen) atoms. The van der Waals surface area contributed by atoms with Crippen LogP contribution in [0.2, 0.25) is 0 Å². The van der Waals surface area contributed by atoms with Crippen molar-refractivity contribution in [3.8, 4) is 0 Å². The first-order valence-corrected chi connectivity index (χ1v) is 7.98. The molecule has 106 valence electrons. The summed E-state index contributed by atoms with van der Waals surface area (Å²) in [5.41, 5.74) is 3.36. The van der Waals surface area contributed by atoms with Crippen LogP contribution in [0, 0.1) is 0 Å². The van der Waals surface area contributed by atoms with Crippen molar-refractivity contribution < 1.29 is 4.79 Å². The summed E-state index contributed by atoms with van der Waals surface area (Å²) in [5, 5.41) is 3.25. The number of fused-ring (bicyclic) bond motifs is 1. The summed E-state index contributed by atoms with van der Waals surface area (Å²) < 4.78 is 2.11. The highest BCUT2D eigenvalue weighted by Gasteiger charge is 2.20. The summed E-state index contributed by atoms with van der Waals surface area (Å²) in [6.45, 7) is 7.30. The Morgan fingerprint density at radius 1 is 1.30 bits per heavy atom. The molecule has 0 aromatic carbocycles. The first-order valence-electron chi connectivity index (χ1n) is 7.10. The molecule has 3 rings (SSSR count). The van der Waals surface area contributed by atoms with Crippen LogP contribution in [-0.4, -0.2) is 15.3 Å². The van der Waals surface area contributed by atoms with Crippen molar-refractivity contribution >= 4 is 17.1 Å². The van der Waals surface area contributed by atoms with Crippen molar-refractivity contribution in [3.05, 3.63) is 39.6 Å². The van der Waals surface area contributed by atoms with Gasteiger partial charge in [0.1, 0.15) is 5.01 Å². The van der Waals surface area contributed by atoms with E-state index in [0.717, 1.165) is 35.7 Å². The number of carbonyl (C=O) groups is 1. The van der Waals surface area contributed by atoms with Crippen molar-refractivity contribution in [3.63, 3.8) is 0 Å². The molecule has 4 heteroatoms. The van der Waals surface area contributed by atoms with Crippen LogP contribution in [0.25, 0.3) is 0 Å². The van der Waals surface area contributed by atoms with Gasteiger partial charge in [-0.1, -0.05) is 20.8 Å². The zero-order chi connectivity index (χ0) is 14.3. The lowest BCUT2D eigenvalue weighted by atomic mass is 9.93. The molecule has 0 saturated carbocycles. The standard InChI is InChI=1S/C16H20N2OS/c1-16(2,3)14-10-20-15(17-14)9-18-7-11-5-4-6-13(19)12(11)8-18/h7-8,10H,4-6,9H2,1-3H3. The molecule has 0 bridgehead atoms. The maximum atomic E-state index is 11.9. The summed E-state index contributed by atoms with van der Waals surface area (Å²) >= 11 is 1.70. The molecule has 0 saturated heterocycles. The van der Waals surface area contributed by atoms with Gasteiger partial charge in [-0.2, -0.15) is 0 Å². The van der Waals surface area contributed by atoms with E-state index in [9.17, 15) is 4.79 Å². The highest BCUT2D eigenvalue weighted by atomic mass is 32.1. The van der Waals surface area contributed by atoms with Crippen molar-refractivity contribution in [2.45, 2.75) is 52.0 Å². The van der Waals surface area contributed by atoms with E-state index >= 15 is 0 Å². The predicted octanol–water partition coefficient (Wildman–Crippen LogP) is 3.81. The minimum absolute atomic E-state index is 0.0979. The molecule has 2 aromatic heterocycles. The Bertz CT molecular complexity index is 646. The van der Waals surface area contributed by atoms with Crippen molar-refractivity contribution in [2.75, 3.05) is 0 Å². The Hall–Kier alpha value is -1.42. The van der Waals surface area contributed by atoms with E-state index in [1.54, 1.807) is 11.3 Å². The fourth-order valence-corrected chi connectivity index (χ4v) is 3.58. The second-order valence-corrected chi connectivity index (χ2v) is 7.47.